The summed E-state index contributed by atoms with van der Waals surface area (Å²) in [5, 5.41) is 16.2. The van der Waals surface area contributed by atoms with Crippen molar-refractivity contribution < 1.29 is 19.1 Å². The summed E-state index contributed by atoms with van der Waals surface area (Å²) in [7, 11) is 0. The number of para-hydroxylation sites is 1. The van der Waals surface area contributed by atoms with Crippen molar-refractivity contribution in [1.82, 2.24) is 0 Å². The number of hydrogen-bond acceptors (Lipinski definition) is 4. The molecule has 6 nitrogen and oxygen atoms in total. The number of halogens is 1. The fourth-order valence-corrected chi connectivity index (χ4v) is 6.22. The fourth-order valence-electron chi connectivity index (χ4n) is 6.22. The van der Waals surface area contributed by atoms with E-state index in [9.17, 15) is 14.7 Å². The smallest absolute Gasteiger partial charge is 0.262 e. The summed E-state index contributed by atoms with van der Waals surface area (Å²) in [6.45, 7) is 3.53. The molecule has 0 spiro atoms. The Hall–Kier alpha value is -4.49. The second-order valence-electron chi connectivity index (χ2n) is 11.7. The van der Waals surface area contributed by atoms with Crippen LogP contribution in [0.2, 0.25) is 0 Å². The molecule has 1 heterocycles. The number of aliphatic hydroxyl groups excluding tert-OH is 1. The number of rotatable bonds is 7. The van der Waals surface area contributed by atoms with Gasteiger partial charge in [0.05, 0.1) is 24.1 Å². The third kappa shape index (κ3) is 5.65. The average Bonchev–Trinajstić information content (AvgIpc) is 2.98. The Balaban J connectivity index is 1.44. The predicted molar refractivity (Wildman–Crippen MR) is 168 cm³/mol. The molecule has 2 amide bonds. The molecular formula is C36H36FN3O3. The maximum atomic E-state index is 15.3. The van der Waals surface area contributed by atoms with Crippen molar-refractivity contribution in [2.75, 3.05) is 15.5 Å². The zero-order chi connectivity index (χ0) is 30.1. The number of hydrogen-bond donors (Lipinski definition) is 3. The molecule has 1 aliphatic carbocycles. The number of amides is 2. The maximum absolute atomic E-state index is 15.3. The van der Waals surface area contributed by atoms with Gasteiger partial charge in [0, 0.05) is 23.1 Å². The Morgan fingerprint density at radius 3 is 2.33 bits per heavy atom. The molecule has 0 saturated heterocycles. The van der Waals surface area contributed by atoms with Gasteiger partial charge in [0.15, 0.2) is 0 Å². The van der Waals surface area contributed by atoms with Gasteiger partial charge in [0.1, 0.15) is 5.82 Å². The molecule has 1 fully saturated rings. The molecule has 0 aromatic heterocycles. The van der Waals surface area contributed by atoms with E-state index >= 15 is 4.39 Å². The zero-order valence-corrected chi connectivity index (χ0v) is 24.4. The van der Waals surface area contributed by atoms with Crippen LogP contribution >= 0.6 is 0 Å². The molecule has 0 unspecified atom stereocenters. The summed E-state index contributed by atoms with van der Waals surface area (Å²) in [5.74, 6) is -1.97. The van der Waals surface area contributed by atoms with Crippen molar-refractivity contribution in [3.8, 4) is 0 Å². The SMILES string of the molecule is Cc1cc(NC(=O)[C@H]2Cc3ccccc3N(C(=O)c3c(C)cccc3F)[C@H]2c2ccc(NC3CCC3)cc2)ccc1CO. The van der Waals surface area contributed by atoms with Gasteiger partial charge in [-0.3, -0.25) is 14.5 Å². The summed E-state index contributed by atoms with van der Waals surface area (Å²) in [4.78, 5) is 30.2. The highest BCUT2D eigenvalue weighted by atomic mass is 19.1. The van der Waals surface area contributed by atoms with Crippen LogP contribution in [0.15, 0.2) is 84.9 Å². The summed E-state index contributed by atoms with van der Waals surface area (Å²) in [6.07, 6.45) is 3.92. The average molecular weight is 578 g/mol. The minimum absolute atomic E-state index is 0.00171. The number of nitrogens with zero attached hydrogens (tertiary/aromatic N) is 1. The third-order valence-corrected chi connectivity index (χ3v) is 8.85. The van der Waals surface area contributed by atoms with E-state index in [0.29, 0.717) is 29.4 Å². The van der Waals surface area contributed by atoms with E-state index in [4.69, 9.17) is 0 Å². The molecule has 1 aliphatic heterocycles. The van der Waals surface area contributed by atoms with Gasteiger partial charge in [0.2, 0.25) is 5.91 Å². The van der Waals surface area contributed by atoms with E-state index in [1.807, 2.05) is 61.5 Å². The Labute approximate surface area is 251 Å². The van der Waals surface area contributed by atoms with Gasteiger partial charge in [-0.2, -0.15) is 0 Å². The second-order valence-corrected chi connectivity index (χ2v) is 11.7. The quantitative estimate of drug-likeness (QED) is 0.219. The lowest BCUT2D eigenvalue weighted by Gasteiger charge is -2.42. The van der Waals surface area contributed by atoms with Crippen LogP contribution in [0.3, 0.4) is 0 Å². The number of fused-ring (bicyclic) bond motifs is 1. The van der Waals surface area contributed by atoms with E-state index in [0.717, 1.165) is 40.8 Å². The minimum Gasteiger partial charge on any atom is -0.392 e. The molecule has 2 aliphatic rings. The summed E-state index contributed by atoms with van der Waals surface area (Å²) < 4.78 is 15.3. The second kappa shape index (κ2) is 12.0. The van der Waals surface area contributed by atoms with E-state index in [2.05, 4.69) is 10.6 Å². The number of carbonyl (C=O) groups is 2. The number of anilines is 3. The highest BCUT2D eigenvalue weighted by molar-refractivity contribution is 6.09. The molecule has 6 rings (SSSR count). The molecule has 3 N–H and O–H groups in total. The molecule has 4 aromatic rings. The number of carbonyl (C=O) groups excluding carboxylic acids is 2. The van der Waals surface area contributed by atoms with Crippen LogP contribution in [0, 0.1) is 25.6 Å². The first-order valence-corrected chi connectivity index (χ1v) is 14.9. The lowest BCUT2D eigenvalue weighted by Crippen LogP contribution is -2.47. The van der Waals surface area contributed by atoms with Gasteiger partial charge in [0.25, 0.3) is 5.91 Å². The molecule has 0 bridgehead atoms. The first-order valence-electron chi connectivity index (χ1n) is 14.9. The molecule has 2 atom stereocenters. The topological polar surface area (TPSA) is 81.7 Å². The molecule has 7 heteroatoms. The summed E-state index contributed by atoms with van der Waals surface area (Å²) >= 11 is 0. The lowest BCUT2D eigenvalue weighted by atomic mass is 9.80. The summed E-state index contributed by atoms with van der Waals surface area (Å²) in [6, 6.07) is 25.3. The Kier molecular flexibility index (Phi) is 8.00. The first kappa shape index (κ1) is 28.6. The van der Waals surface area contributed by atoms with Crippen LogP contribution < -0.4 is 15.5 Å². The molecule has 4 aromatic carbocycles. The lowest BCUT2D eigenvalue weighted by molar-refractivity contribution is -0.120. The monoisotopic (exact) mass is 577 g/mol. The third-order valence-electron chi connectivity index (χ3n) is 8.85. The summed E-state index contributed by atoms with van der Waals surface area (Å²) in [5.41, 5.74) is 6.10. The number of nitrogens with one attached hydrogen (secondary N) is 2. The van der Waals surface area contributed by atoms with Crippen molar-refractivity contribution in [1.29, 1.82) is 0 Å². The Bertz CT molecular complexity index is 1640. The highest BCUT2D eigenvalue weighted by Gasteiger charge is 2.43. The van der Waals surface area contributed by atoms with Gasteiger partial charge >= 0.3 is 0 Å². The van der Waals surface area contributed by atoms with Crippen molar-refractivity contribution in [2.45, 2.75) is 58.2 Å². The van der Waals surface area contributed by atoms with E-state index in [1.165, 1.54) is 12.5 Å². The first-order chi connectivity index (χ1) is 20.8. The van der Waals surface area contributed by atoms with Crippen molar-refractivity contribution in [3.05, 3.63) is 124 Å². The molecule has 220 valence electrons. The highest BCUT2D eigenvalue weighted by Crippen LogP contribution is 2.44. The number of aryl methyl sites for hydroxylation is 2. The standard InChI is InChI=1S/C36H36FN3O3/c1-22-7-5-11-31(37)33(22)36(43)40-32-12-4-3-8-25(32)20-30(35(42)39-29-18-15-26(21-41)23(2)19-29)34(40)24-13-16-28(17-14-24)38-27-9-6-10-27/h3-5,7-8,11-19,27,30,34,38,41H,6,9-10,20-21H2,1-2H3,(H,39,42)/t30-,34-/m0/s1. The molecule has 43 heavy (non-hydrogen) atoms. The predicted octanol–water partition coefficient (Wildman–Crippen LogP) is 7.10. The van der Waals surface area contributed by atoms with E-state index in [-0.39, 0.29) is 18.1 Å². The van der Waals surface area contributed by atoms with Crippen molar-refractivity contribution >= 4 is 28.9 Å². The molecule has 1 saturated carbocycles. The van der Waals surface area contributed by atoms with Crippen LogP contribution in [-0.2, 0) is 17.8 Å². The van der Waals surface area contributed by atoms with Crippen LogP contribution in [0.25, 0.3) is 0 Å². The van der Waals surface area contributed by atoms with Gasteiger partial charge in [-0.25, -0.2) is 4.39 Å². The van der Waals surface area contributed by atoms with E-state index in [1.54, 1.807) is 36.1 Å². The normalized spacial score (nSPS) is 18.0. The fraction of sp³-hybridized carbons (Fsp3) is 0.278. The largest absolute Gasteiger partial charge is 0.392 e. The zero-order valence-electron chi connectivity index (χ0n) is 24.4. The van der Waals surface area contributed by atoms with Gasteiger partial charge in [-0.05, 0) is 104 Å². The van der Waals surface area contributed by atoms with Crippen molar-refractivity contribution in [2.24, 2.45) is 5.92 Å². The maximum Gasteiger partial charge on any atom is 0.262 e. The van der Waals surface area contributed by atoms with Crippen LogP contribution in [-0.4, -0.2) is 23.0 Å². The van der Waals surface area contributed by atoms with Crippen LogP contribution in [0.1, 0.15) is 63.5 Å². The molecule has 0 radical (unpaired) electrons. The van der Waals surface area contributed by atoms with Gasteiger partial charge in [-0.15, -0.1) is 0 Å². The van der Waals surface area contributed by atoms with Gasteiger partial charge in [-0.1, -0.05) is 48.5 Å². The van der Waals surface area contributed by atoms with E-state index < -0.39 is 23.7 Å². The van der Waals surface area contributed by atoms with Crippen molar-refractivity contribution in [3.63, 3.8) is 0 Å². The Morgan fingerprint density at radius 2 is 1.65 bits per heavy atom. The number of benzene rings is 4. The van der Waals surface area contributed by atoms with Gasteiger partial charge < -0.3 is 15.7 Å². The Morgan fingerprint density at radius 1 is 0.907 bits per heavy atom. The van der Waals surface area contributed by atoms with Crippen LogP contribution in [0.4, 0.5) is 21.5 Å². The number of aliphatic hydroxyl groups is 1. The minimum atomic E-state index is -0.683. The molecular weight excluding hydrogens is 541 g/mol. The van der Waals surface area contributed by atoms with Crippen LogP contribution in [0.5, 0.6) is 0 Å².